The van der Waals surface area contributed by atoms with Crippen molar-refractivity contribution in [2.75, 3.05) is 25.6 Å². The van der Waals surface area contributed by atoms with Gasteiger partial charge in [0.1, 0.15) is 5.75 Å². The van der Waals surface area contributed by atoms with E-state index in [4.69, 9.17) is 9.47 Å². The fourth-order valence-corrected chi connectivity index (χ4v) is 3.66. The molecule has 0 saturated carbocycles. The highest BCUT2D eigenvalue weighted by Gasteiger charge is 2.33. The molecule has 1 saturated heterocycles. The maximum Gasteiger partial charge on any atom is 0.256 e. The van der Waals surface area contributed by atoms with E-state index in [2.05, 4.69) is 5.32 Å². The molecule has 0 radical (unpaired) electrons. The van der Waals surface area contributed by atoms with Gasteiger partial charge in [-0.1, -0.05) is 12.1 Å². The average molecular weight is 366 g/mol. The summed E-state index contributed by atoms with van der Waals surface area (Å²) in [5.74, 6) is 0.332. The van der Waals surface area contributed by atoms with Crippen molar-refractivity contribution in [2.24, 2.45) is 0 Å². The first-order chi connectivity index (χ1) is 13.2. The van der Waals surface area contributed by atoms with E-state index in [1.807, 2.05) is 12.1 Å². The average Bonchev–Trinajstić information content (AvgIpc) is 3.31. The number of carbonyl (C=O) groups is 2. The molecule has 2 amide bonds. The molecule has 0 aliphatic carbocycles. The highest BCUT2D eigenvalue weighted by molar-refractivity contribution is 6.13. The monoisotopic (exact) mass is 366 g/mol. The molecular formula is C21H22N2O4. The molecule has 1 N–H and O–H groups in total. The van der Waals surface area contributed by atoms with Crippen LogP contribution in [0.3, 0.4) is 0 Å². The molecule has 1 unspecified atom stereocenters. The first-order valence-corrected chi connectivity index (χ1v) is 9.14. The van der Waals surface area contributed by atoms with Gasteiger partial charge in [-0.15, -0.1) is 0 Å². The molecule has 6 nitrogen and oxygen atoms in total. The minimum Gasteiger partial charge on any atom is -0.497 e. The highest BCUT2D eigenvalue weighted by Crippen LogP contribution is 2.28. The Balaban J connectivity index is 1.52. The second kappa shape index (κ2) is 7.40. The fraction of sp³-hybridized carbons (Fsp3) is 0.333. The number of carbonyl (C=O) groups excluding carboxylic acids is 2. The number of anilines is 1. The van der Waals surface area contributed by atoms with Crippen molar-refractivity contribution in [3.8, 4) is 5.75 Å². The van der Waals surface area contributed by atoms with Gasteiger partial charge in [-0.3, -0.25) is 9.59 Å². The molecule has 2 aliphatic rings. The minimum absolute atomic E-state index is 0.0963. The van der Waals surface area contributed by atoms with E-state index >= 15 is 0 Å². The quantitative estimate of drug-likeness (QED) is 0.883. The maximum absolute atomic E-state index is 12.9. The van der Waals surface area contributed by atoms with E-state index < -0.39 is 0 Å². The van der Waals surface area contributed by atoms with Crippen LogP contribution < -0.4 is 10.1 Å². The lowest BCUT2D eigenvalue weighted by atomic mass is 10.0. The number of ether oxygens (including phenoxy) is 2. The molecule has 2 aliphatic heterocycles. The molecule has 4 rings (SSSR count). The van der Waals surface area contributed by atoms with E-state index in [0.717, 1.165) is 25.0 Å². The van der Waals surface area contributed by atoms with Gasteiger partial charge in [-0.25, -0.2) is 0 Å². The number of nitrogens with one attached hydrogen (secondary N) is 1. The Labute approximate surface area is 158 Å². The van der Waals surface area contributed by atoms with Crippen LogP contribution in [0.2, 0.25) is 0 Å². The molecule has 0 aromatic heterocycles. The van der Waals surface area contributed by atoms with E-state index in [1.54, 1.807) is 42.3 Å². The smallest absolute Gasteiger partial charge is 0.256 e. The molecule has 0 spiro atoms. The zero-order chi connectivity index (χ0) is 18.8. The number of methoxy groups -OCH3 is 1. The number of hydrogen-bond acceptors (Lipinski definition) is 4. The second-order valence-electron chi connectivity index (χ2n) is 6.84. The molecular weight excluding hydrogens is 344 g/mol. The van der Waals surface area contributed by atoms with E-state index in [1.165, 1.54) is 0 Å². The van der Waals surface area contributed by atoms with Crippen molar-refractivity contribution in [1.82, 2.24) is 4.90 Å². The molecule has 2 heterocycles. The van der Waals surface area contributed by atoms with Crippen LogP contribution in [0.5, 0.6) is 5.75 Å². The lowest BCUT2D eigenvalue weighted by molar-refractivity contribution is 0.0544. The topological polar surface area (TPSA) is 67.9 Å². The summed E-state index contributed by atoms with van der Waals surface area (Å²) < 4.78 is 10.8. The minimum atomic E-state index is -0.288. The van der Waals surface area contributed by atoms with Gasteiger partial charge in [0.05, 0.1) is 24.3 Å². The van der Waals surface area contributed by atoms with Crippen molar-refractivity contribution >= 4 is 17.5 Å². The normalized spacial score (nSPS) is 18.5. The van der Waals surface area contributed by atoms with E-state index in [0.29, 0.717) is 35.7 Å². The first kappa shape index (κ1) is 17.5. The molecule has 27 heavy (non-hydrogen) atoms. The number of rotatable bonds is 5. The van der Waals surface area contributed by atoms with Crippen LogP contribution in [0, 0.1) is 0 Å². The molecule has 2 aromatic rings. The second-order valence-corrected chi connectivity index (χ2v) is 6.84. The van der Waals surface area contributed by atoms with Crippen LogP contribution in [-0.4, -0.2) is 43.1 Å². The van der Waals surface area contributed by atoms with E-state index in [9.17, 15) is 9.59 Å². The molecule has 1 atom stereocenters. The number of amides is 2. The lowest BCUT2D eigenvalue weighted by Gasteiger charge is -2.19. The SMILES string of the molecule is COc1ccc(NC(=O)c2cccc3c2C(=O)N(CC2CCCO2)C3)cc1. The number of fused-ring (bicyclic) bond motifs is 1. The van der Waals surface area contributed by atoms with Gasteiger partial charge in [0.15, 0.2) is 0 Å². The third-order valence-electron chi connectivity index (χ3n) is 5.05. The van der Waals surface area contributed by atoms with Crippen LogP contribution in [0.4, 0.5) is 5.69 Å². The number of hydrogen-bond donors (Lipinski definition) is 1. The Kier molecular flexibility index (Phi) is 4.81. The summed E-state index contributed by atoms with van der Waals surface area (Å²) in [6.45, 7) is 1.86. The first-order valence-electron chi connectivity index (χ1n) is 9.14. The summed E-state index contributed by atoms with van der Waals surface area (Å²) in [5.41, 5.74) is 2.45. The van der Waals surface area contributed by atoms with Crippen LogP contribution in [0.1, 0.15) is 39.1 Å². The predicted molar refractivity (Wildman–Crippen MR) is 101 cm³/mol. The van der Waals surface area contributed by atoms with Gasteiger partial charge in [0.25, 0.3) is 11.8 Å². The van der Waals surface area contributed by atoms with Gasteiger partial charge >= 0.3 is 0 Å². The van der Waals surface area contributed by atoms with Crippen molar-refractivity contribution in [3.63, 3.8) is 0 Å². The maximum atomic E-state index is 12.9. The number of nitrogens with zero attached hydrogens (tertiary/aromatic N) is 1. The third kappa shape index (κ3) is 3.53. The van der Waals surface area contributed by atoms with Crippen molar-refractivity contribution in [2.45, 2.75) is 25.5 Å². The summed E-state index contributed by atoms with van der Waals surface area (Å²) in [5, 5.41) is 2.86. The predicted octanol–water partition coefficient (Wildman–Crippen LogP) is 3.08. The number of benzene rings is 2. The highest BCUT2D eigenvalue weighted by atomic mass is 16.5. The van der Waals surface area contributed by atoms with E-state index in [-0.39, 0.29) is 17.9 Å². The van der Waals surface area contributed by atoms with Crippen LogP contribution in [-0.2, 0) is 11.3 Å². The van der Waals surface area contributed by atoms with Crippen LogP contribution in [0.25, 0.3) is 0 Å². The zero-order valence-electron chi connectivity index (χ0n) is 15.2. The van der Waals surface area contributed by atoms with Gasteiger partial charge in [-0.05, 0) is 48.7 Å². The summed E-state index contributed by atoms with van der Waals surface area (Å²) >= 11 is 0. The third-order valence-corrected chi connectivity index (χ3v) is 5.05. The standard InChI is InChI=1S/C21H22N2O4/c1-26-16-9-7-15(8-10-16)22-20(24)18-6-2-4-14-12-23(21(25)19(14)18)13-17-5-3-11-27-17/h2,4,6-10,17H,3,5,11-13H2,1H3,(H,22,24). The Morgan fingerprint density at radius 1 is 1.26 bits per heavy atom. The summed E-state index contributed by atoms with van der Waals surface area (Å²) in [4.78, 5) is 27.5. The Morgan fingerprint density at radius 2 is 2.07 bits per heavy atom. The molecule has 2 aromatic carbocycles. The van der Waals surface area contributed by atoms with Gasteiger partial charge in [-0.2, -0.15) is 0 Å². The van der Waals surface area contributed by atoms with Crippen LogP contribution >= 0.6 is 0 Å². The van der Waals surface area contributed by atoms with Crippen molar-refractivity contribution in [1.29, 1.82) is 0 Å². The molecule has 6 heteroatoms. The summed E-state index contributed by atoms with van der Waals surface area (Å²) in [7, 11) is 1.59. The molecule has 1 fully saturated rings. The zero-order valence-corrected chi connectivity index (χ0v) is 15.2. The summed E-state index contributed by atoms with van der Waals surface area (Å²) in [6, 6.07) is 12.5. The van der Waals surface area contributed by atoms with Crippen molar-refractivity contribution in [3.05, 3.63) is 59.2 Å². The summed E-state index contributed by atoms with van der Waals surface area (Å²) in [6.07, 6.45) is 2.11. The Morgan fingerprint density at radius 3 is 2.78 bits per heavy atom. The van der Waals surface area contributed by atoms with Gasteiger partial charge in [0, 0.05) is 25.4 Å². The molecule has 0 bridgehead atoms. The largest absolute Gasteiger partial charge is 0.497 e. The molecule has 140 valence electrons. The Bertz CT molecular complexity index is 857. The van der Waals surface area contributed by atoms with Gasteiger partial charge in [0.2, 0.25) is 0 Å². The van der Waals surface area contributed by atoms with Crippen LogP contribution in [0.15, 0.2) is 42.5 Å². The fourth-order valence-electron chi connectivity index (χ4n) is 3.66. The lowest BCUT2D eigenvalue weighted by Crippen LogP contribution is -2.32. The van der Waals surface area contributed by atoms with Crippen molar-refractivity contribution < 1.29 is 19.1 Å². The Hall–Kier alpha value is -2.86. The van der Waals surface area contributed by atoms with Gasteiger partial charge < -0.3 is 19.7 Å².